The summed E-state index contributed by atoms with van der Waals surface area (Å²) < 4.78 is 40.7. The van der Waals surface area contributed by atoms with Crippen molar-refractivity contribution in [2.75, 3.05) is 26.2 Å². The Bertz CT molecular complexity index is 951. The molecule has 31 heavy (non-hydrogen) atoms. The second kappa shape index (κ2) is 8.61. The van der Waals surface area contributed by atoms with Gasteiger partial charge in [0, 0.05) is 6.04 Å². The van der Waals surface area contributed by atoms with Gasteiger partial charge < -0.3 is 15.1 Å². The van der Waals surface area contributed by atoms with Crippen LogP contribution in [-0.2, 0) is 0 Å². The van der Waals surface area contributed by atoms with Crippen LogP contribution in [0.5, 0.6) is 0 Å². The number of amides is 1. The van der Waals surface area contributed by atoms with E-state index in [0.29, 0.717) is 19.0 Å². The zero-order valence-electron chi connectivity index (χ0n) is 17.0. The number of aliphatic hydroxyl groups excluding tert-OH is 1. The van der Waals surface area contributed by atoms with Crippen LogP contribution in [0.1, 0.15) is 41.2 Å². The number of hydrogen-bond donors (Lipinski definition) is 2. The molecular weight excluding hydrogens is 409 g/mol. The normalized spacial score (nSPS) is 22.1. The second-order valence-electron chi connectivity index (χ2n) is 8.35. The summed E-state index contributed by atoms with van der Waals surface area (Å²) in [6, 6.07) is 10.6. The van der Waals surface area contributed by atoms with E-state index in [9.17, 15) is 28.2 Å². The summed E-state index contributed by atoms with van der Waals surface area (Å²) in [5.41, 5.74) is -0.844. The molecule has 2 heterocycles. The summed E-state index contributed by atoms with van der Waals surface area (Å²) in [5.74, 6) is -5.36. The first-order valence-electron chi connectivity index (χ1n) is 10.4. The van der Waals surface area contributed by atoms with Crippen molar-refractivity contribution in [3.05, 3.63) is 71.0 Å². The molecule has 0 saturated carbocycles. The smallest absolute Gasteiger partial charge is 0.257 e. The van der Waals surface area contributed by atoms with E-state index in [4.69, 9.17) is 0 Å². The van der Waals surface area contributed by atoms with Gasteiger partial charge in [-0.05, 0) is 37.1 Å². The third-order valence-corrected chi connectivity index (χ3v) is 6.40. The molecule has 4 rings (SSSR count). The van der Waals surface area contributed by atoms with E-state index in [0.717, 1.165) is 24.5 Å². The van der Waals surface area contributed by atoms with Gasteiger partial charge in [0.25, 0.3) is 5.91 Å². The minimum atomic E-state index is -1.69. The highest BCUT2D eigenvalue weighted by Gasteiger charge is 2.53. The Kier molecular flexibility index (Phi) is 6.05. The lowest BCUT2D eigenvalue weighted by atomic mass is 9.79. The van der Waals surface area contributed by atoms with Crippen molar-refractivity contribution in [2.24, 2.45) is 0 Å². The van der Waals surface area contributed by atoms with E-state index in [1.807, 2.05) is 30.3 Å². The molecule has 0 bridgehead atoms. The number of piperidine rings is 1. The molecule has 2 fully saturated rings. The Balaban J connectivity index is 1.51. The molecule has 2 N–H and O–H groups in total. The predicted molar refractivity (Wildman–Crippen MR) is 108 cm³/mol. The number of hydrogen-bond acceptors (Lipinski definition) is 4. The van der Waals surface area contributed by atoms with E-state index in [2.05, 4.69) is 4.90 Å². The summed E-state index contributed by atoms with van der Waals surface area (Å²) in [5, 5.41) is 21.4. The molecule has 2 aromatic carbocycles. The standard InChI is InChI=1S/C23H25F3N2O3/c24-17-10-9-16(20(25)21(17)26)22(30)27-13-23(31,14-27)19-8-4-5-11-28(19)18(12-29)15-6-2-1-3-7-15/h1-3,6-7,9-10,18-19,29,31H,4-5,8,11-14H2/t18-,19+/m1/s1. The van der Waals surface area contributed by atoms with Gasteiger partial charge in [0.15, 0.2) is 17.5 Å². The van der Waals surface area contributed by atoms with Gasteiger partial charge in [-0.25, -0.2) is 13.2 Å². The van der Waals surface area contributed by atoms with Gasteiger partial charge in [-0.1, -0.05) is 36.8 Å². The van der Waals surface area contributed by atoms with Crippen molar-refractivity contribution >= 4 is 5.91 Å². The summed E-state index contributed by atoms with van der Waals surface area (Å²) in [6.45, 7) is 0.495. The zero-order valence-corrected chi connectivity index (χ0v) is 17.0. The monoisotopic (exact) mass is 434 g/mol. The number of nitrogens with zero attached hydrogens (tertiary/aromatic N) is 2. The molecule has 2 aliphatic heterocycles. The lowest BCUT2D eigenvalue weighted by Crippen LogP contribution is -2.72. The van der Waals surface area contributed by atoms with Gasteiger partial charge in [-0.3, -0.25) is 9.69 Å². The highest BCUT2D eigenvalue weighted by atomic mass is 19.2. The molecule has 2 aliphatic rings. The van der Waals surface area contributed by atoms with Crippen molar-refractivity contribution in [1.82, 2.24) is 9.80 Å². The van der Waals surface area contributed by atoms with Gasteiger partial charge in [-0.2, -0.15) is 0 Å². The Labute approximate surface area is 178 Å². The van der Waals surface area contributed by atoms with E-state index >= 15 is 0 Å². The predicted octanol–water partition coefficient (Wildman–Crippen LogP) is 2.88. The van der Waals surface area contributed by atoms with Crippen LogP contribution in [0.2, 0.25) is 0 Å². The minimum Gasteiger partial charge on any atom is -0.394 e. The van der Waals surface area contributed by atoms with Crippen LogP contribution in [0.25, 0.3) is 0 Å². The third-order valence-electron chi connectivity index (χ3n) is 6.40. The fourth-order valence-electron chi connectivity index (χ4n) is 4.81. The molecule has 166 valence electrons. The van der Waals surface area contributed by atoms with E-state index in [-0.39, 0.29) is 31.8 Å². The van der Waals surface area contributed by atoms with Crippen LogP contribution in [0.15, 0.2) is 42.5 Å². The first kappa shape index (κ1) is 21.8. The Morgan fingerprint density at radius 2 is 1.77 bits per heavy atom. The van der Waals surface area contributed by atoms with Gasteiger partial charge >= 0.3 is 0 Å². The summed E-state index contributed by atoms with van der Waals surface area (Å²) in [4.78, 5) is 15.9. The quantitative estimate of drug-likeness (QED) is 0.711. The largest absolute Gasteiger partial charge is 0.394 e. The van der Waals surface area contributed by atoms with Crippen molar-refractivity contribution in [3.63, 3.8) is 0 Å². The number of carbonyl (C=O) groups is 1. The molecule has 0 aliphatic carbocycles. The molecule has 2 atom stereocenters. The number of likely N-dealkylation sites (tertiary alicyclic amines) is 2. The van der Waals surface area contributed by atoms with Crippen LogP contribution in [0.4, 0.5) is 13.2 Å². The van der Waals surface area contributed by atoms with Gasteiger partial charge in [0.2, 0.25) is 0 Å². The maximum Gasteiger partial charge on any atom is 0.257 e. The fourth-order valence-corrected chi connectivity index (χ4v) is 4.81. The van der Waals surface area contributed by atoms with Crippen LogP contribution >= 0.6 is 0 Å². The third kappa shape index (κ3) is 3.95. The summed E-state index contributed by atoms with van der Waals surface area (Å²) in [6.07, 6.45) is 2.53. The highest BCUT2D eigenvalue weighted by molar-refractivity contribution is 5.95. The van der Waals surface area contributed by atoms with Gasteiger partial charge in [0.05, 0.1) is 31.3 Å². The number of halogens is 3. The number of aliphatic hydroxyl groups is 2. The summed E-state index contributed by atoms with van der Waals surface area (Å²) in [7, 11) is 0. The second-order valence-corrected chi connectivity index (χ2v) is 8.35. The molecule has 0 spiro atoms. The van der Waals surface area contributed by atoms with Gasteiger partial charge in [0.1, 0.15) is 5.60 Å². The average molecular weight is 434 g/mol. The topological polar surface area (TPSA) is 64.0 Å². The number of rotatable bonds is 5. The Hall–Kier alpha value is -2.42. The molecular formula is C23H25F3N2O3. The molecule has 2 aromatic rings. The zero-order chi connectivity index (χ0) is 22.2. The van der Waals surface area contributed by atoms with Crippen molar-refractivity contribution in [2.45, 2.75) is 36.9 Å². The number of benzene rings is 2. The van der Waals surface area contributed by atoms with Crippen LogP contribution in [0, 0.1) is 17.5 Å². The molecule has 5 nitrogen and oxygen atoms in total. The number of β-amino-alcohol motifs (C(OH)–C–C–N with tert-alkyl or cyclic N) is 1. The maximum absolute atomic E-state index is 14.0. The molecule has 0 aromatic heterocycles. The fraction of sp³-hybridized carbons (Fsp3) is 0.435. The average Bonchev–Trinajstić information content (AvgIpc) is 2.77. The van der Waals surface area contributed by atoms with Crippen LogP contribution in [-0.4, -0.2) is 63.8 Å². The maximum atomic E-state index is 14.0. The minimum absolute atomic E-state index is 0.0433. The SMILES string of the molecule is O=C(c1ccc(F)c(F)c1F)N1CC(O)([C@@H]2CCCCN2[C@H](CO)c2ccccc2)C1. The lowest BCUT2D eigenvalue weighted by molar-refractivity contribution is -0.150. The molecule has 1 amide bonds. The molecule has 0 radical (unpaired) electrons. The molecule has 8 heteroatoms. The van der Waals surface area contributed by atoms with Crippen molar-refractivity contribution in [3.8, 4) is 0 Å². The Morgan fingerprint density at radius 1 is 1.06 bits per heavy atom. The first-order chi connectivity index (χ1) is 14.9. The van der Waals surface area contributed by atoms with Gasteiger partial charge in [-0.15, -0.1) is 0 Å². The lowest BCUT2D eigenvalue weighted by Gasteiger charge is -2.56. The number of carbonyl (C=O) groups excluding carboxylic acids is 1. The van der Waals surface area contributed by atoms with Crippen molar-refractivity contribution < 1.29 is 28.2 Å². The molecule has 0 unspecified atom stereocenters. The van der Waals surface area contributed by atoms with E-state index in [1.54, 1.807) is 0 Å². The van der Waals surface area contributed by atoms with Crippen LogP contribution in [0.3, 0.4) is 0 Å². The Morgan fingerprint density at radius 3 is 2.45 bits per heavy atom. The van der Waals surface area contributed by atoms with E-state index < -0.39 is 34.5 Å². The molecule has 2 saturated heterocycles. The van der Waals surface area contributed by atoms with Crippen LogP contribution < -0.4 is 0 Å². The highest BCUT2D eigenvalue weighted by Crippen LogP contribution is 2.38. The summed E-state index contributed by atoms with van der Waals surface area (Å²) >= 11 is 0. The van der Waals surface area contributed by atoms with E-state index in [1.165, 1.54) is 4.90 Å². The first-order valence-corrected chi connectivity index (χ1v) is 10.4. The van der Waals surface area contributed by atoms with Crippen molar-refractivity contribution in [1.29, 1.82) is 0 Å².